The Morgan fingerprint density at radius 3 is 2.04 bits per heavy atom. The van der Waals surface area contributed by atoms with Gasteiger partial charge < -0.3 is 0 Å². The molecule has 1 aromatic heterocycles. The Labute approximate surface area is 185 Å². The molecule has 0 aliphatic heterocycles. The molecule has 4 rings (SSSR count). The van der Waals surface area contributed by atoms with Crippen LogP contribution in [-0.4, -0.2) is 0 Å². The molecule has 0 bridgehead atoms. The maximum absolute atomic E-state index is 2.44. The SMILES string of the molecule is CC(C)c1cccc2c1sc1c(N(I)c3ccc(C(C)(C)C)cc3)cccc12. The van der Waals surface area contributed by atoms with Crippen molar-refractivity contribution >= 4 is 65.7 Å². The first-order valence-electron chi connectivity index (χ1n) is 9.78. The third-order valence-corrected chi connectivity index (χ3v) is 7.70. The molecule has 1 heterocycles. The lowest BCUT2D eigenvalue weighted by Gasteiger charge is -2.22. The summed E-state index contributed by atoms with van der Waals surface area (Å²) in [6.45, 7) is 11.3. The minimum absolute atomic E-state index is 0.174. The minimum atomic E-state index is 0.174. The summed E-state index contributed by atoms with van der Waals surface area (Å²) in [7, 11) is 0. The highest BCUT2D eigenvalue weighted by molar-refractivity contribution is 14.1. The van der Waals surface area contributed by atoms with Gasteiger partial charge in [-0.05, 0) is 40.7 Å². The fraction of sp³-hybridized carbons (Fsp3) is 0.280. The standard InChI is InChI=1S/C25H26INS/c1-16(2)19-8-6-9-20-21-10-7-11-22(24(21)28-23(19)20)27(26)18-14-12-17(13-15-18)25(3,4)5/h6-16H,1-5H3. The van der Waals surface area contributed by atoms with Crippen LogP contribution in [0.3, 0.4) is 0 Å². The van der Waals surface area contributed by atoms with Crippen molar-refractivity contribution in [1.82, 2.24) is 0 Å². The molecule has 0 unspecified atom stereocenters. The van der Waals surface area contributed by atoms with Gasteiger partial charge in [0.15, 0.2) is 0 Å². The van der Waals surface area contributed by atoms with Gasteiger partial charge in [-0.3, -0.25) is 3.11 Å². The zero-order chi connectivity index (χ0) is 20.1. The average Bonchev–Trinajstić information content (AvgIpc) is 3.05. The van der Waals surface area contributed by atoms with Crippen LogP contribution in [0.15, 0.2) is 60.7 Å². The van der Waals surface area contributed by atoms with Crippen molar-refractivity contribution in [2.24, 2.45) is 0 Å². The molecule has 0 amide bonds. The summed E-state index contributed by atoms with van der Waals surface area (Å²) in [4.78, 5) is 0. The highest BCUT2D eigenvalue weighted by atomic mass is 127. The number of benzene rings is 3. The van der Waals surface area contributed by atoms with Crippen molar-refractivity contribution in [3.8, 4) is 0 Å². The summed E-state index contributed by atoms with van der Waals surface area (Å²) in [6.07, 6.45) is 0. The van der Waals surface area contributed by atoms with Gasteiger partial charge in [0.05, 0.1) is 38.9 Å². The summed E-state index contributed by atoms with van der Waals surface area (Å²) in [5.41, 5.74) is 5.45. The molecule has 0 spiro atoms. The van der Waals surface area contributed by atoms with E-state index in [9.17, 15) is 0 Å². The van der Waals surface area contributed by atoms with Crippen molar-refractivity contribution in [3.63, 3.8) is 0 Å². The molecule has 0 saturated carbocycles. The maximum atomic E-state index is 2.44. The number of hydrogen-bond acceptors (Lipinski definition) is 2. The average molecular weight is 499 g/mol. The quantitative estimate of drug-likeness (QED) is 0.201. The van der Waals surface area contributed by atoms with Gasteiger partial charge in [0, 0.05) is 15.5 Å². The van der Waals surface area contributed by atoms with Crippen LogP contribution < -0.4 is 3.11 Å². The van der Waals surface area contributed by atoms with Gasteiger partial charge in [-0.1, -0.05) is 77.1 Å². The molecule has 4 aromatic rings. The van der Waals surface area contributed by atoms with Crippen LogP contribution in [0.4, 0.5) is 11.4 Å². The molecule has 0 aliphatic rings. The molecule has 3 aromatic carbocycles. The number of nitrogens with zero attached hydrogens (tertiary/aromatic N) is 1. The molecular formula is C25H26INS. The molecular weight excluding hydrogens is 473 g/mol. The predicted molar refractivity (Wildman–Crippen MR) is 135 cm³/mol. The Balaban J connectivity index is 1.84. The summed E-state index contributed by atoms with van der Waals surface area (Å²) in [5, 5.41) is 2.73. The van der Waals surface area contributed by atoms with E-state index in [1.165, 1.54) is 42.7 Å². The molecule has 28 heavy (non-hydrogen) atoms. The third-order valence-electron chi connectivity index (χ3n) is 5.33. The molecule has 0 aliphatic carbocycles. The number of rotatable bonds is 3. The third kappa shape index (κ3) is 3.43. The molecule has 3 heteroatoms. The van der Waals surface area contributed by atoms with Gasteiger partial charge in [0.25, 0.3) is 0 Å². The fourth-order valence-electron chi connectivity index (χ4n) is 3.67. The number of thiophene rings is 1. The largest absolute Gasteiger partial charge is 0.282 e. The van der Waals surface area contributed by atoms with E-state index in [2.05, 4.69) is 121 Å². The molecule has 144 valence electrons. The zero-order valence-electron chi connectivity index (χ0n) is 17.1. The Morgan fingerprint density at radius 1 is 0.821 bits per heavy atom. The van der Waals surface area contributed by atoms with Crippen LogP contribution in [0.5, 0.6) is 0 Å². The van der Waals surface area contributed by atoms with Crippen LogP contribution in [0, 0.1) is 0 Å². The first-order chi connectivity index (χ1) is 13.3. The minimum Gasteiger partial charge on any atom is -0.282 e. The second-order valence-electron chi connectivity index (χ2n) is 8.71. The number of halogens is 1. The summed E-state index contributed by atoms with van der Waals surface area (Å²) >= 11 is 4.37. The normalized spacial score (nSPS) is 12.2. The van der Waals surface area contributed by atoms with Gasteiger partial charge >= 0.3 is 0 Å². The van der Waals surface area contributed by atoms with Crippen LogP contribution in [-0.2, 0) is 5.41 Å². The second kappa shape index (κ2) is 7.34. The van der Waals surface area contributed by atoms with Crippen molar-refractivity contribution in [2.75, 3.05) is 3.11 Å². The van der Waals surface area contributed by atoms with E-state index in [-0.39, 0.29) is 5.41 Å². The lowest BCUT2D eigenvalue weighted by atomic mass is 9.87. The fourth-order valence-corrected chi connectivity index (χ4v) is 6.02. The monoisotopic (exact) mass is 499 g/mol. The number of hydrogen-bond donors (Lipinski definition) is 0. The van der Waals surface area contributed by atoms with Crippen LogP contribution in [0.25, 0.3) is 20.2 Å². The number of fused-ring (bicyclic) bond motifs is 3. The van der Waals surface area contributed by atoms with Crippen LogP contribution in [0.1, 0.15) is 51.7 Å². The van der Waals surface area contributed by atoms with Gasteiger partial charge in [0.1, 0.15) is 0 Å². The number of anilines is 2. The van der Waals surface area contributed by atoms with Gasteiger partial charge in [-0.15, -0.1) is 11.3 Å². The topological polar surface area (TPSA) is 3.24 Å². The molecule has 0 N–H and O–H groups in total. The van der Waals surface area contributed by atoms with E-state index >= 15 is 0 Å². The molecule has 0 fully saturated rings. The van der Waals surface area contributed by atoms with E-state index in [0.717, 1.165) is 0 Å². The first kappa shape index (κ1) is 19.7. The molecule has 0 atom stereocenters. The van der Waals surface area contributed by atoms with Crippen molar-refractivity contribution in [2.45, 2.75) is 46.0 Å². The Kier molecular flexibility index (Phi) is 5.17. The first-order valence-corrected chi connectivity index (χ1v) is 11.6. The van der Waals surface area contributed by atoms with E-state index in [0.29, 0.717) is 5.92 Å². The Bertz CT molecular complexity index is 1130. The van der Waals surface area contributed by atoms with Crippen molar-refractivity contribution in [3.05, 3.63) is 71.8 Å². The van der Waals surface area contributed by atoms with E-state index in [1.807, 2.05) is 11.3 Å². The highest BCUT2D eigenvalue weighted by Crippen LogP contribution is 2.45. The predicted octanol–water partition coefficient (Wildman–Crippen LogP) is 8.96. The summed E-state index contributed by atoms with van der Waals surface area (Å²) < 4.78 is 5.07. The molecule has 0 radical (unpaired) electrons. The summed E-state index contributed by atoms with van der Waals surface area (Å²) in [5.74, 6) is 0.529. The van der Waals surface area contributed by atoms with E-state index in [1.54, 1.807) is 0 Å². The Hall–Kier alpha value is -1.59. The van der Waals surface area contributed by atoms with Gasteiger partial charge in [-0.25, -0.2) is 0 Å². The molecule has 1 nitrogen and oxygen atoms in total. The van der Waals surface area contributed by atoms with Gasteiger partial charge in [0.2, 0.25) is 0 Å². The van der Waals surface area contributed by atoms with Crippen LogP contribution >= 0.6 is 34.2 Å². The lowest BCUT2D eigenvalue weighted by Crippen LogP contribution is -2.11. The highest BCUT2D eigenvalue weighted by Gasteiger charge is 2.18. The molecule has 0 saturated heterocycles. The van der Waals surface area contributed by atoms with Crippen molar-refractivity contribution in [1.29, 1.82) is 0 Å². The lowest BCUT2D eigenvalue weighted by molar-refractivity contribution is 0.590. The maximum Gasteiger partial charge on any atom is 0.0689 e. The van der Waals surface area contributed by atoms with E-state index < -0.39 is 0 Å². The van der Waals surface area contributed by atoms with E-state index in [4.69, 9.17) is 0 Å². The second-order valence-corrected chi connectivity index (χ2v) is 10.7. The van der Waals surface area contributed by atoms with Crippen molar-refractivity contribution < 1.29 is 0 Å². The Morgan fingerprint density at radius 2 is 1.43 bits per heavy atom. The smallest absolute Gasteiger partial charge is 0.0689 e. The summed E-state index contributed by atoms with van der Waals surface area (Å²) in [6, 6.07) is 22.4. The van der Waals surface area contributed by atoms with Crippen LogP contribution in [0.2, 0.25) is 0 Å². The van der Waals surface area contributed by atoms with Gasteiger partial charge in [-0.2, -0.15) is 0 Å². The zero-order valence-corrected chi connectivity index (χ0v) is 20.1.